The molecule has 5 aromatic rings. The van der Waals surface area contributed by atoms with Gasteiger partial charge in [-0.15, -0.1) is 0 Å². The van der Waals surface area contributed by atoms with Gasteiger partial charge in [0.25, 0.3) is 0 Å². The van der Waals surface area contributed by atoms with E-state index >= 15 is 0 Å². The van der Waals surface area contributed by atoms with Gasteiger partial charge < -0.3 is 5.73 Å². The van der Waals surface area contributed by atoms with E-state index in [0.29, 0.717) is 0 Å². The van der Waals surface area contributed by atoms with Crippen molar-refractivity contribution in [2.45, 2.75) is 24.8 Å². The smallest absolute Gasteiger partial charge is 0.164 e. The summed E-state index contributed by atoms with van der Waals surface area (Å²) in [7, 11) is 0. The predicted molar refractivity (Wildman–Crippen MR) is 131 cm³/mol. The number of hydrogen-bond acceptors (Lipinski definition) is 4. The van der Waals surface area contributed by atoms with Crippen molar-refractivity contribution in [2.75, 3.05) is 0 Å². The van der Waals surface area contributed by atoms with Gasteiger partial charge in [0.2, 0.25) is 0 Å². The number of aromatic amines is 1. The quantitative estimate of drug-likeness (QED) is 0.388. The largest absolute Gasteiger partial charge is 0.321 e. The Morgan fingerprint density at radius 3 is 2.42 bits per heavy atom. The number of H-pyrrole nitrogens is 1. The molecular formula is C27H24N6. The molecule has 3 heterocycles. The van der Waals surface area contributed by atoms with Gasteiger partial charge in [0.05, 0.1) is 17.1 Å². The molecule has 0 unspecified atom stereocenters. The number of imidazole rings is 1. The number of aromatic nitrogens is 5. The van der Waals surface area contributed by atoms with Crippen molar-refractivity contribution in [3.8, 4) is 33.8 Å². The summed E-state index contributed by atoms with van der Waals surface area (Å²) in [6.45, 7) is 3.94. The van der Waals surface area contributed by atoms with Crippen LogP contribution in [0.3, 0.4) is 0 Å². The summed E-state index contributed by atoms with van der Waals surface area (Å²) in [6, 6.07) is 22.7. The zero-order valence-electron chi connectivity index (χ0n) is 18.2. The van der Waals surface area contributed by atoms with Gasteiger partial charge >= 0.3 is 0 Å². The molecule has 6 heteroatoms. The van der Waals surface area contributed by atoms with Crippen LogP contribution in [0.2, 0.25) is 0 Å². The summed E-state index contributed by atoms with van der Waals surface area (Å²) in [5, 5.41) is 12.0. The molecule has 1 saturated carbocycles. The Labute approximate surface area is 191 Å². The van der Waals surface area contributed by atoms with E-state index in [2.05, 4.69) is 53.2 Å². The summed E-state index contributed by atoms with van der Waals surface area (Å²) in [5.74, 6) is 0. The van der Waals surface area contributed by atoms with Crippen LogP contribution in [0.25, 0.3) is 45.5 Å². The Bertz CT molecular complexity index is 1440. The third-order valence-corrected chi connectivity index (χ3v) is 6.63. The number of nitrogens with two attached hydrogens (primary N) is 1. The Morgan fingerprint density at radius 2 is 1.79 bits per heavy atom. The van der Waals surface area contributed by atoms with E-state index < -0.39 is 0 Å². The van der Waals surface area contributed by atoms with Gasteiger partial charge in [0.1, 0.15) is 5.69 Å². The molecule has 0 bridgehead atoms. The second-order valence-electron chi connectivity index (χ2n) is 8.65. The summed E-state index contributed by atoms with van der Waals surface area (Å²) < 4.78 is 1.92. The molecule has 0 amide bonds. The Hall–Kier alpha value is -4.03. The van der Waals surface area contributed by atoms with Gasteiger partial charge in [0.15, 0.2) is 5.65 Å². The lowest BCUT2D eigenvalue weighted by Crippen LogP contribution is -2.43. The zero-order valence-corrected chi connectivity index (χ0v) is 18.2. The average molecular weight is 433 g/mol. The summed E-state index contributed by atoms with van der Waals surface area (Å²) >= 11 is 0. The number of hydrogen-bond donors (Lipinski definition) is 2. The van der Waals surface area contributed by atoms with Crippen molar-refractivity contribution < 1.29 is 0 Å². The fraction of sp³-hybridized carbons (Fsp3) is 0.148. The van der Waals surface area contributed by atoms with E-state index in [4.69, 9.17) is 15.8 Å². The fourth-order valence-corrected chi connectivity index (χ4v) is 4.61. The minimum Gasteiger partial charge on any atom is -0.321 e. The average Bonchev–Trinajstić information content (AvgIpc) is 3.51. The molecule has 3 N–H and O–H groups in total. The molecule has 1 aliphatic rings. The minimum atomic E-state index is -0.187. The lowest BCUT2D eigenvalue weighted by atomic mass is 9.72. The number of benzene rings is 2. The van der Waals surface area contributed by atoms with Gasteiger partial charge in [-0.3, -0.25) is 5.10 Å². The van der Waals surface area contributed by atoms with E-state index in [1.807, 2.05) is 34.8 Å². The molecule has 6 nitrogen and oxygen atoms in total. The highest BCUT2D eigenvalue weighted by atomic mass is 15.3. The Kier molecular flexibility index (Phi) is 4.48. The van der Waals surface area contributed by atoms with E-state index in [1.165, 1.54) is 12.0 Å². The van der Waals surface area contributed by atoms with Crippen molar-refractivity contribution in [2.24, 2.45) is 5.73 Å². The van der Waals surface area contributed by atoms with Crippen molar-refractivity contribution in [3.63, 3.8) is 0 Å². The van der Waals surface area contributed by atoms with E-state index in [-0.39, 0.29) is 5.54 Å². The fourth-order valence-electron chi connectivity index (χ4n) is 4.61. The van der Waals surface area contributed by atoms with Crippen molar-refractivity contribution in [1.82, 2.24) is 24.8 Å². The highest BCUT2D eigenvalue weighted by Crippen LogP contribution is 2.40. The molecule has 2 aromatic carbocycles. The van der Waals surface area contributed by atoms with Crippen molar-refractivity contribution in [3.05, 3.63) is 90.8 Å². The van der Waals surface area contributed by atoms with Gasteiger partial charge in [-0.1, -0.05) is 61.2 Å². The summed E-state index contributed by atoms with van der Waals surface area (Å²) in [6.07, 6.45) is 6.76. The van der Waals surface area contributed by atoms with Crippen LogP contribution in [-0.2, 0) is 5.54 Å². The number of nitrogens with one attached hydrogen (secondary N) is 1. The lowest BCUT2D eigenvalue weighted by molar-refractivity contribution is 0.253. The van der Waals surface area contributed by atoms with Crippen LogP contribution in [0.1, 0.15) is 30.5 Å². The zero-order chi connectivity index (χ0) is 22.4. The molecule has 3 aromatic heterocycles. The van der Waals surface area contributed by atoms with Crippen molar-refractivity contribution in [1.29, 1.82) is 0 Å². The Morgan fingerprint density at radius 1 is 1.00 bits per heavy atom. The second kappa shape index (κ2) is 7.53. The van der Waals surface area contributed by atoms with Gasteiger partial charge in [-0.2, -0.15) is 10.2 Å². The molecule has 0 saturated heterocycles. The molecular weight excluding hydrogens is 408 g/mol. The Balaban J connectivity index is 1.61. The summed E-state index contributed by atoms with van der Waals surface area (Å²) in [5.41, 5.74) is 14.8. The van der Waals surface area contributed by atoms with Gasteiger partial charge in [-0.25, -0.2) is 9.50 Å². The maximum absolute atomic E-state index is 6.55. The van der Waals surface area contributed by atoms with Crippen LogP contribution in [0.15, 0.2) is 79.5 Å². The third-order valence-electron chi connectivity index (χ3n) is 6.63. The summed E-state index contributed by atoms with van der Waals surface area (Å²) in [4.78, 5) is 5.10. The molecule has 1 fully saturated rings. The number of rotatable bonds is 5. The molecule has 1 aliphatic carbocycles. The molecule has 0 radical (unpaired) electrons. The first-order valence-electron chi connectivity index (χ1n) is 11.2. The second-order valence-corrected chi connectivity index (χ2v) is 8.65. The molecule has 0 spiro atoms. The monoisotopic (exact) mass is 432 g/mol. The van der Waals surface area contributed by atoms with Crippen LogP contribution in [0.4, 0.5) is 0 Å². The van der Waals surface area contributed by atoms with E-state index in [9.17, 15) is 0 Å². The standard InChI is InChI=1S/C27H24N6/c1-2-21-17-22(23-13-16-29-31-23)26-30-24(25(33(26)32-21)19-7-4-3-5-8-19)18-9-11-20(12-10-18)27(28)14-6-15-27/h2-5,7-13,16-17H,1,6,14-15,28H2,(H,29,31). The van der Waals surface area contributed by atoms with Crippen LogP contribution in [0.5, 0.6) is 0 Å². The van der Waals surface area contributed by atoms with Crippen molar-refractivity contribution >= 4 is 11.7 Å². The normalized spacial score (nSPS) is 14.8. The van der Waals surface area contributed by atoms with Crippen LogP contribution in [0, 0.1) is 0 Å². The molecule has 0 atom stereocenters. The molecule has 6 rings (SSSR count). The van der Waals surface area contributed by atoms with Crippen LogP contribution >= 0.6 is 0 Å². The first kappa shape index (κ1) is 19.6. The number of fused-ring (bicyclic) bond motifs is 1. The van der Waals surface area contributed by atoms with Gasteiger partial charge in [0, 0.05) is 28.4 Å². The highest BCUT2D eigenvalue weighted by molar-refractivity contribution is 5.87. The molecule has 33 heavy (non-hydrogen) atoms. The molecule has 0 aliphatic heterocycles. The molecule has 162 valence electrons. The predicted octanol–water partition coefficient (Wildman–Crippen LogP) is 5.43. The maximum atomic E-state index is 6.55. The SMILES string of the molecule is C=Cc1cc(-c2ccn[nH]2)c2nc(-c3ccc(C4(N)CCC4)cc3)c(-c3ccccc3)n2n1. The van der Waals surface area contributed by atoms with Gasteiger partial charge in [-0.05, 0) is 43.0 Å². The maximum Gasteiger partial charge on any atom is 0.164 e. The lowest BCUT2D eigenvalue weighted by Gasteiger charge is -2.38. The minimum absolute atomic E-state index is 0.187. The van der Waals surface area contributed by atoms with E-state index in [0.717, 1.165) is 58.0 Å². The number of nitrogens with zero attached hydrogens (tertiary/aromatic N) is 4. The third kappa shape index (κ3) is 3.18. The van der Waals surface area contributed by atoms with Crippen LogP contribution < -0.4 is 5.73 Å². The topological polar surface area (TPSA) is 84.9 Å². The van der Waals surface area contributed by atoms with Crippen LogP contribution in [-0.4, -0.2) is 24.8 Å². The first-order valence-corrected chi connectivity index (χ1v) is 11.2. The highest BCUT2D eigenvalue weighted by Gasteiger charge is 2.34. The first-order chi connectivity index (χ1) is 16.2. The van der Waals surface area contributed by atoms with E-state index in [1.54, 1.807) is 12.3 Å².